The van der Waals surface area contributed by atoms with Crippen molar-refractivity contribution in [3.05, 3.63) is 33.4 Å². The lowest BCUT2D eigenvalue weighted by Gasteiger charge is -2.07. The molecule has 0 aliphatic heterocycles. The van der Waals surface area contributed by atoms with Gasteiger partial charge in [-0.2, -0.15) is 4.39 Å². The molecule has 0 saturated carbocycles. The number of halogens is 3. The van der Waals surface area contributed by atoms with Crippen LogP contribution >= 0.6 is 0 Å². The Kier molecular flexibility index (Phi) is 4.18. The third-order valence-electron chi connectivity index (χ3n) is 1.89. The second kappa shape index (κ2) is 5.43. The molecule has 0 unspecified atom stereocenters. The van der Waals surface area contributed by atoms with Crippen molar-refractivity contribution in [3.63, 3.8) is 0 Å². The summed E-state index contributed by atoms with van der Waals surface area (Å²) in [5.41, 5.74) is -3.54. The van der Waals surface area contributed by atoms with Crippen LogP contribution in [0.15, 0.2) is 6.07 Å². The molecule has 0 spiro atoms. The van der Waals surface area contributed by atoms with E-state index in [9.17, 15) is 28.1 Å². The number of aromatic nitrogens is 1. The first-order chi connectivity index (χ1) is 8.38. The van der Waals surface area contributed by atoms with Gasteiger partial charge in [0.25, 0.3) is 12.1 Å². The molecule has 1 aromatic heterocycles. The topological polar surface area (TPSA) is 82.3 Å². The molecule has 0 bridgehead atoms. The number of nitrogens with zero attached hydrogens (tertiary/aromatic N) is 2. The molecule has 1 rings (SSSR count). The monoisotopic (exact) mass is 264 g/mol. The third kappa shape index (κ3) is 2.73. The predicted molar refractivity (Wildman–Crippen MR) is 51.8 cm³/mol. The van der Waals surface area contributed by atoms with E-state index in [0.717, 1.165) is 0 Å². The van der Waals surface area contributed by atoms with Crippen molar-refractivity contribution < 1.29 is 27.6 Å². The third-order valence-corrected chi connectivity index (χ3v) is 1.89. The molecule has 0 radical (unpaired) electrons. The van der Waals surface area contributed by atoms with Gasteiger partial charge >= 0.3 is 5.97 Å². The number of carbonyl (C=O) groups is 1. The van der Waals surface area contributed by atoms with Crippen LogP contribution in [-0.4, -0.2) is 22.5 Å². The van der Waals surface area contributed by atoms with Crippen molar-refractivity contribution in [1.29, 1.82) is 0 Å². The standard InChI is InChI=1S/C9H7F3N2O4/c1-2-18-9(15)7-6(8(11)12)4(14(16)17)3-5(10)13-7/h3,8H,2H2,1H3. The number of carbonyl (C=O) groups excluding carboxylic acids is 1. The van der Waals surface area contributed by atoms with Crippen LogP contribution in [0.25, 0.3) is 0 Å². The molecule has 18 heavy (non-hydrogen) atoms. The van der Waals surface area contributed by atoms with Gasteiger partial charge in [-0.25, -0.2) is 18.6 Å². The number of alkyl halides is 2. The molecule has 6 nitrogen and oxygen atoms in total. The largest absolute Gasteiger partial charge is 0.461 e. The summed E-state index contributed by atoms with van der Waals surface area (Å²) in [6.07, 6.45) is -3.35. The molecule has 0 N–H and O–H groups in total. The molecular formula is C9H7F3N2O4. The van der Waals surface area contributed by atoms with Crippen LogP contribution in [0.5, 0.6) is 0 Å². The van der Waals surface area contributed by atoms with E-state index < -0.39 is 40.2 Å². The maximum absolute atomic E-state index is 13.0. The Hall–Kier alpha value is -2.19. The summed E-state index contributed by atoms with van der Waals surface area (Å²) in [6.45, 7) is 1.24. The molecule has 0 amide bonds. The van der Waals surface area contributed by atoms with Gasteiger partial charge in [-0.15, -0.1) is 0 Å². The maximum Gasteiger partial charge on any atom is 0.357 e. The van der Waals surface area contributed by atoms with E-state index in [2.05, 4.69) is 9.72 Å². The number of hydrogen-bond donors (Lipinski definition) is 0. The van der Waals surface area contributed by atoms with E-state index in [-0.39, 0.29) is 12.7 Å². The summed E-state index contributed by atoms with van der Waals surface area (Å²) in [5, 5.41) is 10.5. The van der Waals surface area contributed by atoms with Crippen LogP contribution in [0.4, 0.5) is 18.9 Å². The Balaban J connectivity index is 3.48. The lowest BCUT2D eigenvalue weighted by molar-refractivity contribution is -0.386. The summed E-state index contributed by atoms with van der Waals surface area (Å²) < 4.78 is 42.8. The van der Waals surface area contributed by atoms with E-state index in [1.807, 2.05) is 0 Å². The molecule has 1 heterocycles. The summed E-state index contributed by atoms with van der Waals surface area (Å²) in [4.78, 5) is 23.5. The Labute approximate surface area is 98.5 Å². The highest BCUT2D eigenvalue weighted by atomic mass is 19.3. The Morgan fingerprint density at radius 1 is 1.61 bits per heavy atom. The molecule has 0 saturated heterocycles. The van der Waals surface area contributed by atoms with Gasteiger partial charge in [0.2, 0.25) is 5.95 Å². The van der Waals surface area contributed by atoms with Crippen molar-refractivity contribution in [1.82, 2.24) is 4.98 Å². The molecule has 0 fully saturated rings. The van der Waals surface area contributed by atoms with E-state index in [0.29, 0.717) is 0 Å². The minimum atomic E-state index is -3.35. The zero-order valence-electron chi connectivity index (χ0n) is 9.02. The number of pyridine rings is 1. The van der Waals surface area contributed by atoms with Crippen molar-refractivity contribution in [2.24, 2.45) is 0 Å². The van der Waals surface area contributed by atoms with E-state index in [1.54, 1.807) is 0 Å². The van der Waals surface area contributed by atoms with Gasteiger partial charge in [-0.3, -0.25) is 10.1 Å². The number of rotatable bonds is 4. The van der Waals surface area contributed by atoms with E-state index in [4.69, 9.17) is 0 Å². The number of hydrogen-bond acceptors (Lipinski definition) is 5. The summed E-state index contributed by atoms with van der Waals surface area (Å²) in [6, 6.07) is 0.226. The minimum absolute atomic E-state index is 0.159. The van der Waals surface area contributed by atoms with Crippen LogP contribution in [0, 0.1) is 16.1 Å². The number of nitro groups is 1. The van der Waals surface area contributed by atoms with Gasteiger partial charge in [0.05, 0.1) is 17.6 Å². The Bertz CT molecular complexity index is 493. The lowest BCUT2D eigenvalue weighted by Crippen LogP contribution is -2.14. The fourth-order valence-corrected chi connectivity index (χ4v) is 1.23. The maximum atomic E-state index is 13.0. The lowest BCUT2D eigenvalue weighted by atomic mass is 10.1. The molecular weight excluding hydrogens is 257 g/mol. The van der Waals surface area contributed by atoms with E-state index in [1.165, 1.54) is 6.92 Å². The van der Waals surface area contributed by atoms with Crippen LogP contribution in [0.2, 0.25) is 0 Å². The van der Waals surface area contributed by atoms with Crippen molar-refractivity contribution in [2.75, 3.05) is 6.61 Å². The fraction of sp³-hybridized carbons (Fsp3) is 0.333. The second-order valence-corrected chi connectivity index (χ2v) is 3.00. The summed E-state index contributed by atoms with van der Waals surface area (Å²) in [5.74, 6) is -2.75. The van der Waals surface area contributed by atoms with Gasteiger partial charge in [0, 0.05) is 0 Å². The summed E-state index contributed by atoms with van der Waals surface area (Å²) in [7, 11) is 0. The highest BCUT2D eigenvalue weighted by Crippen LogP contribution is 2.31. The Morgan fingerprint density at radius 3 is 2.67 bits per heavy atom. The minimum Gasteiger partial charge on any atom is -0.461 e. The second-order valence-electron chi connectivity index (χ2n) is 3.00. The quantitative estimate of drug-likeness (QED) is 0.360. The van der Waals surface area contributed by atoms with Crippen LogP contribution in [0.1, 0.15) is 29.4 Å². The van der Waals surface area contributed by atoms with Gasteiger partial charge in [-0.05, 0) is 6.92 Å². The van der Waals surface area contributed by atoms with Crippen molar-refractivity contribution in [2.45, 2.75) is 13.3 Å². The molecule has 98 valence electrons. The van der Waals surface area contributed by atoms with Crippen LogP contribution in [-0.2, 0) is 4.74 Å². The number of esters is 1. The average molecular weight is 264 g/mol. The SMILES string of the molecule is CCOC(=O)c1nc(F)cc([N+](=O)[O-])c1C(F)F. The molecule has 9 heteroatoms. The molecule has 0 aliphatic carbocycles. The van der Waals surface area contributed by atoms with Crippen molar-refractivity contribution in [3.8, 4) is 0 Å². The normalized spacial score (nSPS) is 10.5. The van der Waals surface area contributed by atoms with Gasteiger partial charge in [0.15, 0.2) is 5.69 Å². The highest BCUT2D eigenvalue weighted by molar-refractivity contribution is 5.90. The molecule has 0 aliphatic rings. The van der Waals surface area contributed by atoms with Gasteiger partial charge < -0.3 is 4.74 Å². The van der Waals surface area contributed by atoms with Gasteiger partial charge in [-0.1, -0.05) is 0 Å². The first-order valence-corrected chi connectivity index (χ1v) is 4.68. The predicted octanol–water partition coefficient (Wildman–Crippen LogP) is 2.24. The molecule has 1 aromatic rings. The van der Waals surface area contributed by atoms with E-state index >= 15 is 0 Å². The average Bonchev–Trinajstić information content (AvgIpc) is 2.27. The van der Waals surface area contributed by atoms with Crippen LogP contribution in [0.3, 0.4) is 0 Å². The smallest absolute Gasteiger partial charge is 0.357 e. The molecule has 0 aromatic carbocycles. The summed E-state index contributed by atoms with van der Waals surface area (Å²) >= 11 is 0. The van der Waals surface area contributed by atoms with Crippen molar-refractivity contribution >= 4 is 11.7 Å². The zero-order chi connectivity index (χ0) is 13.9. The first kappa shape index (κ1) is 13.9. The highest BCUT2D eigenvalue weighted by Gasteiger charge is 2.32. The zero-order valence-corrected chi connectivity index (χ0v) is 9.02. The fourth-order valence-electron chi connectivity index (χ4n) is 1.23. The number of ether oxygens (including phenoxy) is 1. The van der Waals surface area contributed by atoms with Gasteiger partial charge in [0.1, 0.15) is 5.56 Å². The first-order valence-electron chi connectivity index (χ1n) is 4.68. The van der Waals surface area contributed by atoms with Crippen LogP contribution < -0.4 is 0 Å². The Morgan fingerprint density at radius 2 is 2.22 bits per heavy atom. The molecule has 0 atom stereocenters.